The number of benzene rings is 1. The average Bonchev–Trinajstić information content (AvgIpc) is 2.69. The Morgan fingerprint density at radius 3 is 2.71 bits per heavy atom. The molecule has 3 heterocycles. The van der Waals surface area contributed by atoms with Gasteiger partial charge in [0.25, 0.3) is 0 Å². The van der Waals surface area contributed by atoms with Gasteiger partial charge in [-0.2, -0.15) is 9.97 Å². The van der Waals surface area contributed by atoms with Gasteiger partial charge in [0, 0.05) is 19.5 Å². The number of nitrogens with two attached hydrogens (primary N) is 1. The van der Waals surface area contributed by atoms with Crippen LogP contribution in [0.5, 0.6) is 0 Å². The van der Waals surface area contributed by atoms with Gasteiger partial charge in [-0.25, -0.2) is 4.39 Å². The molecule has 1 saturated heterocycles. The van der Waals surface area contributed by atoms with Gasteiger partial charge in [0.15, 0.2) is 0 Å². The molecule has 2 aromatic rings. The molecule has 0 radical (unpaired) electrons. The minimum atomic E-state index is -0.890. The highest BCUT2D eigenvalue weighted by molar-refractivity contribution is 6.05. The first-order valence-electron chi connectivity index (χ1n) is 9.30. The number of amides is 2. The number of carbonyl (C=O) groups excluding carboxylic acids is 2. The zero-order chi connectivity index (χ0) is 19.7. The molecule has 0 unspecified atom stereocenters. The predicted molar refractivity (Wildman–Crippen MR) is 104 cm³/mol. The molecule has 146 valence electrons. The number of hydrogen-bond donors (Lipinski definition) is 3. The number of anilines is 4. The fourth-order valence-corrected chi connectivity index (χ4v) is 3.63. The van der Waals surface area contributed by atoms with Crippen LogP contribution in [-0.2, 0) is 9.59 Å². The summed E-state index contributed by atoms with van der Waals surface area (Å²) < 4.78 is 13.9. The zero-order valence-electron chi connectivity index (χ0n) is 15.2. The van der Waals surface area contributed by atoms with E-state index in [2.05, 4.69) is 20.6 Å². The number of rotatable bonds is 3. The molecule has 0 aliphatic carbocycles. The number of nitrogens with one attached hydrogen (secondary N) is 2. The summed E-state index contributed by atoms with van der Waals surface area (Å²) >= 11 is 0. The highest BCUT2D eigenvalue weighted by Crippen LogP contribution is 2.37. The minimum Gasteiger partial charge on any atom is -0.383 e. The van der Waals surface area contributed by atoms with Crippen LogP contribution >= 0.6 is 0 Å². The van der Waals surface area contributed by atoms with Crippen molar-refractivity contribution in [2.75, 3.05) is 34.4 Å². The number of nitrogen functional groups attached to an aromatic ring is 1. The summed E-state index contributed by atoms with van der Waals surface area (Å²) in [5, 5.41) is 5.22. The fourth-order valence-electron chi connectivity index (χ4n) is 3.63. The van der Waals surface area contributed by atoms with Crippen LogP contribution < -0.4 is 21.3 Å². The van der Waals surface area contributed by atoms with Gasteiger partial charge in [0.2, 0.25) is 17.8 Å². The normalized spacial score (nSPS) is 19.0. The highest BCUT2D eigenvalue weighted by atomic mass is 19.1. The molecule has 2 aliphatic heterocycles. The van der Waals surface area contributed by atoms with Gasteiger partial charge < -0.3 is 21.3 Å². The van der Waals surface area contributed by atoms with Gasteiger partial charge in [-0.05, 0) is 31.4 Å². The smallest absolute Gasteiger partial charge is 0.232 e. The van der Waals surface area contributed by atoms with Crippen molar-refractivity contribution in [2.45, 2.75) is 31.6 Å². The number of aromatic nitrogens is 2. The van der Waals surface area contributed by atoms with Crippen molar-refractivity contribution >= 4 is 35.1 Å². The highest BCUT2D eigenvalue weighted by Gasteiger charge is 2.35. The quantitative estimate of drug-likeness (QED) is 0.748. The van der Waals surface area contributed by atoms with E-state index in [1.54, 1.807) is 6.07 Å². The summed E-state index contributed by atoms with van der Waals surface area (Å²) in [7, 11) is 0. The molecule has 1 atom stereocenters. The van der Waals surface area contributed by atoms with Gasteiger partial charge in [0.05, 0.1) is 17.2 Å². The van der Waals surface area contributed by atoms with Crippen LogP contribution in [0.2, 0.25) is 0 Å². The van der Waals surface area contributed by atoms with Crippen LogP contribution in [0.3, 0.4) is 0 Å². The molecule has 0 spiro atoms. The van der Waals surface area contributed by atoms with E-state index in [1.807, 2.05) is 4.90 Å². The van der Waals surface area contributed by atoms with E-state index in [9.17, 15) is 14.0 Å². The first kappa shape index (κ1) is 18.1. The lowest BCUT2D eigenvalue weighted by Gasteiger charge is -2.30. The maximum atomic E-state index is 13.9. The van der Waals surface area contributed by atoms with Crippen molar-refractivity contribution in [3.05, 3.63) is 35.6 Å². The van der Waals surface area contributed by atoms with E-state index >= 15 is 0 Å². The van der Waals surface area contributed by atoms with Gasteiger partial charge in [-0.3, -0.25) is 9.59 Å². The largest absolute Gasteiger partial charge is 0.383 e. The van der Waals surface area contributed by atoms with Gasteiger partial charge in [-0.15, -0.1) is 0 Å². The Morgan fingerprint density at radius 1 is 1.21 bits per heavy atom. The van der Waals surface area contributed by atoms with Gasteiger partial charge >= 0.3 is 0 Å². The van der Waals surface area contributed by atoms with E-state index < -0.39 is 17.6 Å². The lowest BCUT2D eigenvalue weighted by atomic mass is 9.92. The van der Waals surface area contributed by atoms with Crippen LogP contribution in [0.25, 0.3) is 0 Å². The van der Waals surface area contributed by atoms with Crippen molar-refractivity contribution in [3.8, 4) is 0 Å². The molecular formula is C19H21FN6O2. The molecule has 28 heavy (non-hydrogen) atoms. The first-order chi connectivity index (χ1) is 13.5. The summed E-state index contributed by atoms with van der Waals surface area (Å²) in [5.74, 6) is -1.46. The lowest BCUT2D eigenvalue weighted by Crippen LogP contribution is -2.35. The van der Waals surface area contributed by atoms with Crippen LogP contribution in [0.1, 0.15) is 37.2 Å². The zero-order valence-corrected chi connectivity index (χ0v) is 15.2. The number of carbonyl (C=O) groups is 2. The maximum Gasteiger partial charge on any atom is 0.232 e. The topological polar surface area (TPSA) is 113 Å². The van der Waals surface area contributed by atoms with Gasteiger partial charge in [-0.1, -0.05) is 12.1 Å². The molecule has 2 aliphatic rings. The average molecular weight is 384 g/mol. The Hall–Kier alpha value is -3.23. The molecule has 0 bridgehead atoms. The number of fused-ring (bicyclic) bond motifs is 1. The van der Waals surface area contributed by atoms with Crippen LogP contribution in [-0.4, -0.2) is 34.9 Å². The van der Waals surface area contributed by atoms with Crippen LogP contribution in [0.15, 0.2) is 24.3 Å². The number of para-hydroxylation sites is 1. The van der Waals surface area contributed by atoms with Crippen molar-refractivity contribution in [2.24, 2.45) is 0 Å². The number of nitrogens with zero attached hydrogens (tertiary/aromatic N) is 3. The maximum absolute atomic E-state index is 13.9. The van der Waals surface area contributed by atoms with Crippen molar-refractivity contribution in [1.29, 1.82) is 0 Å². The van der Waals surface area contributed by atoms with Crippen LogP contribution in [0, 0.1) is 5.82 Å². The Bertz CT molecular complexity index is 929. The number of hydrogen-bond acceptors (Lipinski definition) is 6. The van der Waals surface area contributed by atoms with E-state index in [0.29, 0.717) is 11.5 Å². The predicted octanol–water partition coefficient (Wildman–Crippen LogP) is 2.25. The summed E-state index contributed by atoms with van der Waals surface area (Å²) in [5.41, 5.74) is 6.58. The summed E-state index contributed by atoms with van der Waals surface area (Å²) in [6.45, 7) is 1.65. The van der Waals surface area contributed by atoms with Crippen molar-refractivity contribution in [1.82, 2.24) is 9.97 Å². The second-order valence-corrected chi connectivity index (χ2v) is 6.99. The van der Waals surface area contributed by atoms with E-state index in [0.717, 1.165) is 32.4 Å². The molecule has 1 fully saturated rings. The third kappa shape index (κ3) is 3.47. The minimum absolute atomic E-state index is 0.0458. The van der Waals surface area contributed by atoms with E-state index in [1.165, 1.54) is 18.2 Å². The second-order valence-electron chi connectivity index (χ2n) is 6.99. The first-order valence-corrected chi connectivity index (χ1v) is 9.30. The molecular weight excluding hydrogens is 363 g/mol. The monoisotopic (exact) mass is 384 g/mol. The van der Waals surface area contributed by atoms with E-state index in [-0.39, 0.29) is 29.7 Å². The van der Waals surface area contributed by atoms with Crippen molar-refractivity contribution in [3.63, 3.8) is 0 Å². The fraction of sp³-hybridized carbons (Fsp3) is 0.368. The molecule has 4 rings (SSSR count). The summed E-state index contributed by atoms with van der Waals surface area (Å²) in [6.07, 6.45) is 3.14. The lowest BCUT2D eigenvalue weighted by molar-refractivity contribution is -0.123. The summed E-state index contributed by atoms with van der Waals surface area (Å²) in [6, 6.07) is 5.85. The van der Waals surface area contributed by atoms with Gasteiger partial charge in [0.1, 0.15) is 17.5 Å². The Labute approximate surface area is 161 Å². The molecule has 1 aromatic heterocycles. The number of piperidine rings is 1. The second kappa shape index (κ2) is 7.41. The Morgan fingerprint density at radius 2 is 1.96 bits per heavy atom. The van der Waals surface area contributed by atoms with Crippen molar-refractivity contribution < 1.29 is 14.0 Å². The Kier molecular flexibility index (Phi) is 4.81. The Balaban J connectivity index is 1.65. The molecule has 2 amide bonds. The van der Waals surface area contributed by atoms with Crippen LogP contribution in [0.4, 0.5) is 27.7 Å². The standard InChI is InChI=1S/C19H21FN6O2/c20-12-6-2-3-7-13(12)22-18(28)11-10-14(27)23-17-15(11)16(21)24-19(25-17)26-8-4-1-5-9-26/h2-3,6-7,11H,1,4-5,8-10H2,(H,22,28)(H3,21,23,24,25,27)/t11-/m0/s1. The van der Waals surface area contributed by atoms with E-state index in [4.69, 9.17) is 5.73 Å². The molecule has 4 N–H and O–H groups in total. The SMILES string of the molecule is Nc1nc(N2CCCCC2)nc2c1[C@@H](C(=O)Nc1ccccc1F)CC(=O)N2. The molecule has 8 nitrogen and oxygen atoms in total. The summed E-state index contributed by atoms with van der Waals surface area (Å²) in [4.78, 5) is 35.8. The third-order valence-electron chi connectivity index (χ3n) is 5.05. The molecule has 0 saturated carbocycles. The molecule has 9 heteroatoms. The molecule has 1 aromatic carbocycles. The third-order valence-corrected chi connectivity index (χ3v) is 5.05. The number of halogens is 1.